The SMILES string of the molecule is COOCc1ccc(C)[nH]1. The monoisotopic (exact) mass is 141 g/mol. The molecule has 0 saturated heterocycles. The molecular formula is C7H11NO2. The molecule has 3 heteroatoms. The number of aromatic amines is 1. The molecule has 1 aromatic rings. The smallest absolute Gasteiger partial charge is 0.122 e. The Balaban J connectivity index is 2.42. The number of aromatic nitrogens is 1. The lowest BCUT2D eigenvalue weighted by Gasteiger charge is -1.95. The fraction of sp³-hybridized carbons (Fsp3) is 0.429. The van der Waals surface area contributed by atoms with Crippen LogP contribution in [0.2, 0.25) is 0 Å². The predicted octanol–water partition coefficient (Wildman–Crippen LogP) is 1.40. The molecule has 1 heterocycles. The summed E-state index contributed by atoms with van der Waals surface area (Å²) in [5.74, 6) is 0. The molecule has 0 aromatic carbocycles. The zero-order valence-electron chi connectivity index (χ0n) is 6.18. The van der Waals surface area contributed by atoms with Gasteiger partial charge in [0.05, 0.1) is 7.11 Å². The first kappa shape index (κ1) is 7.31. The molecule has 10 heavy (non-hydrogen) atoms. The lowest BCUT2D eigenvalue weighted by molar-refractivity contribution is -0.282. The minimum absolute atomic E-state index is 0.477. The molecule has 0 atom stereocenters. The quantitative estimate of drug-likeness (QED) is 0.510. The highest BCUT2D eigenvalue weighted by molar-refractivity contribution is 5.10. The highest BCUT2D eigenvalue weighted by Crippen LogP contribution is 2.01. The summed E-state index contributed by atoms with van der Waals surface area (Å²) >= 11 is 0. The van der Waals surface area contributed by atoms with Crippen LogP contribution in [0, 0.1) is 6.92 Å². The van der Waals surface area contributed by atoms with Gasteiger partial charge in [-0.3, -0.25) is 0 Å². The second-order valence-corrected chi connectivity index (χ2v) is 2.10. The molecule has 0 aliphatic carbocycles. The second kappa shape index (κ2) is 3.39. The van der Waals surface area contributed by atoms with Gasteiger partial charge >= 0.3 is 0 Å². The first-order valence-electron chi connectivity index (χ1n) is 3.13. The van der Waals surface area contributed by atoms with Crippen LogP contribution >= 0.6 is 0 Å². The molecule has 56 valence electrons. The molecule has 0 radical (unpaired) electrons. The summed E-state index contributed by atoms with van der Waals surface area (Å²) in [4.78, 5) is 12.2. The minimum atomic E-state index is 0.477. The molecule has 0 spiro atoms. The van der Waals surface area contributed by atoms with Crippen LogP contribution in [0.3, 0.4) is 0 Å². The summed E-state index contributed by atoms with van der Waals surface area (Å²) in [7, 11) is 1.50. The van der Waals surface area contributed by atoms with Crippen LogP contribution in [0.1, 0.15) is 11.4 Å². The molecular weight excluding hydrogens is 130 g/mol. The van der Waals surface area contributed by atoms with E-state index in [0.717, 1.165) is 11.4 Å². The van der Waals surface area contributed by atoms with Crippen molar-refractivity contribution in [2.75, 3.05) is 7.11 Å². The standard InChI is InChI=1S/C7H11NO2/c1-6-3-4-7(8-6)5-10-9-2/h3-4,8H,5H2,1-2H3. The maximum atomic E-state index is 4.70. The normalized spacial score (nSPS) is 10.2. The maximum absolute atomic E-state index is 4.70. The summed E-state index contributed by atoms with van der Waals surface area (Å²) in [6, 6.07) is 3.96. The van der Waals surface area contributed by atoms with Gasteiger partial charge in [-0.15, -0.1) is 0 Å². The van der Waals surface area contributed by atoms with Crippen molar-refractivity contribution < 1.29 is 9.78 Å². The van der Waals surface area contributed by atoms with Gasteiger partial charge in [0.25, 0.3) is 0 Å². The molecule has 0 amide bonds. The van der Waals surface area contributed by atoms with Crippen LogP contribution in [0.15, 0.2) is 12.1 Å². The average Bonchev–Trinajstić information content (AvgIpc) is 2.31. The number of hydrogen-bond acceptors (Lipinski definition) is 2. The molecule has 0 bridgehead atoms. The van der Waals surface area contributed by atoms with E-state index in [4.69, 9.17) is 4.89 Å². The molecule has 1 rings (SSSR count). The molecule has 1 aromatic heterocycles. The first-order chi connectivity index (χ1) is 4.83. The van der Waals surface area contributed by atoms with Crippen molar-refractivity contribution in [3.05, 3.63) is 23.5 Å². The van der Waals surface area contributed by atoms with Crippen molar-refractivity contribution in [3.8, 4) is 0 Å². The summed E-state index contributed by atoms with van der Waals surface area (Å²) in [6.07, 6.45) is 0. The minimum Gasteiger partial charge on any atom is -0.361 e. The van der Waals surface area contributed by atoms with Gasteiger partial charge in [-0.2, -0.15) is 0 Å². The van der Waals surface area contributed by atoms with Crippen molar-refractivity contribution in [1.82, 2.24) is 4.98 Å². The molecule has 1 N–H and O–H groups in total. The van der Waals surface area contributed by atoms with E-state index in [1.807, 2.05) is 19.1 Å². The Kier molecular flexibility index (Phi) is 2.48. The molecule has 0 fully saturated rings. The van der Waals surface area contributed by atoms with Crippen molar-refractivity contribution in [2.45, 2.75) is 13.5 Å². The Bertz CT molecular complexity index is 195. The van der Waals surface area contributed by atoms with Gasteiger partial charge in [-0.25, -0.2) is 9.78 Å². The number of hydrogen-bond donors (Lipinski definition) is 1. The zero-order valence-corrected chi connectivity index (χ0v) is 6.18. The molecule has 0 aliphatic rings. The fourth-order valence-electron chi connectivity index (χ4n) is 0.769. The van der Waals surface area contributed by atoms with E-state index < -0.39 is 0 Å². The van der Waals surface area contributed by atoms with Gasteiger partial charge in [0.2, 0.25) is 0 Å². The Morgan fingerprint density at radius 1 is 1.50 bits per heavy atom. The van der Waals surface area contributed by atoms with Gasteiger partial charge in [0, 0.05) is 11.4 Å². The third-order valence-corrected chi connectivity index (χ3v) is 1.22. The van der Waals surface area contributed by atoms with Crippen LogP contribution in [-0.4, -0.2) is 12.1 Å². The van der Waals surface area contributed by atoms with Crippen LogP contribution < -0.4 is 0 Å². The van der Waals surface area contributed by atoms with Gasteiger partial charge in [-0.05, 0) is 19.1 Å². The molecule has 3 nitrogen and oxygen atoms in total. The largest absolute Gasteiger partial charge is 0.361 e. The summed E-state index contributed by atoms with van der Waals surface area (Å²) in [6.45, 7) is 2.47. The number of nitrogens with one attached hydrogen (secondary N) is 1. The van der Waals surface area contributed by atoms with Gasteiger partial charge < -0.3 is 4.98 Å². The van der Waals surface area contributed by atoms with E-state index >= 15 is 0 Å². The van der Waals surface area contributed by atoms with E-state index in [9.17, 15) is 0 Å². The summed E-state index contributed by atoms with van der Waals surface area (Å²) in [5, 5.41) is 0. The van der Waals surface area contributed by atoms with Crippen LogP contribution in [-0.2, 0) is 16.4 Å². The lowest BCUT2D eigenvalue weighted by atomic mass is 10.4. The van der Waals surface area contributed by atoms with Crippen molar-refractivity contribution in [2.24, 2.45) is 0 Å². The van der Waals surface area contributed by atoms with Crippen molar-refractivity contribution >= 4 is 0 Å². The number of aryl methyl sites for hydroxylation is 1. The molecule has 0 aliphatic heterocycles. The maximum Gasteiger partial charge on any atom is 0.122 e. The Hall–Kier alpha value is -0.800. The highest BCUT2D eigenvalue weighted by atomic mass is 17.2. The third kappa shape index (κ3) is 1.86. The van der Waals surface area contributed by atoms with Crippen molar-refractivity contribution in [1.29, 1.82) is 0 Å². The third-order valence-electron chi connectivity index (χ3n) is 1.22. The first-order valence-corrected chi connectivity index (χ1v) is 3.13. The Morgan fingerprint density at radius 2 is 2.30 bits per heavy atom. The van der Waals surface area contributed by atoms with Gasteiger partial charge in [0.15, 0.2) is 0 Å². The van der Waals surface area contributed by atoms with Gasteiger partial charge in [-0.1, -0.05) is 0 Å². The Morgan fingerprint density at radius 3 is 2.80 bits per heavy atom. The van der Waals surface area contributed by atoms with E-state index in [1.165, 1.54) is 7.11 Å². The van der Waals surface area contributed by atoms with E-state index in [0.29, 0.717) is 6.61 Å². The van der Waals surface area contributed by atoms with Crippen LogP contribution in [0.4, 0.5) is 0 Å². The topological polar surface area (TPSA) is 34.2 Å². The predicted molar refractivity (Wildman–Crippen MR) is 37.3 cm³/mol. The molecule has 0 saturated carbocycles. The van der Waals surface area contributed by atoms with Crippen LogP contribution in [0.25, 0.3) is 0 Å². The number of H-pyrrole nitrogens is 1. The van der Waals surface area contributed by atoms with E-state index in [2.05, 4.69) is 9.87 Å². The summed E-state index contributed by atoms with van der Waals surface area (Å²) < 4.78 is 0. The second-order valence-electron chi connectivity index (χ2n) is 2.10. The Labute approximate surface area is 59.9 Å². The summed E-state index contributed by atoms with van der Waals surface area (Å²) in [5.41, 5.74) is 2.16. The molecule has 0 unspecified atom stereocenters. The number of rotatable bonds is 3. The van der Waals surface area contributed by atoms with E-state index in [-0.39, 0.29) is 0 Å². The van der Waals surface area contributed by atoms with Gasteiger partial charge in [0.1, 0.15) is 6.61 Å². The zero-order chi connectivity index (χ0) is 7.40. The van der Waals surface area contributed by atoms with Crippen LogP contribution in [0.5, 0.6) is 0 Å². The van der Waals surface area contributed by atoms with E-state index in [1.54, 1.807) is 0 Å². The fourth-order valence-corrected chi connectivity index (χ4v) is 0.769. The lowest BCUT2D eigenvalue weighted by Crippen LogP contribution is -1.90. The highest BCUT2D eigenvalue weighted by Gasteiger charge is 1.93. The average molecular weight is 141 g/mol. The van der Waals surface area contributed by atoms with Crippen molar-refractivity contribution in [3.63, 3.8) is 0 Å².